The molecule has 3 rings (SSSR count). The van der Waals surface area contributed by atoms with Crippen LogP contribution in [-0.4, -0.2) is 63.8 Å². The monoisotopic (exact) mass is 366 g/mol. The van der Waals surface area contributed by atoms with Gasteiger partial charge in [-0.15, -0.1) is 10.2 Å². The molecule has 0 aliphatic carbocycles. The Kier molecular flexibility index (Phi) is 4.62. The summed E-state index contributed by atoms with van der Waals surface area (Å²) in [6, 6.07) is 3.16. The van der Waals surface area contributed by atoms with Crippen LogP contribution in [0.1, 0.15) is 44.1 Å². The smallest absolute Gasteiger partial charge is 0.410 e. The topological polar surface area (TPSA) is 75.6 Å². The zero-order valence-corrected chi connectivity index (χ0v) is 15.5. The summed E-state index contributed by atoms with van der Waals surface area (Å²) in [6.45, 7) is 8.31. The number of likely N-dealkylation sites (tertiary alicyclic amines) is 2. The Morgan fingerprint density at radius 3 is 2.28 bits per heavy atom. The summed E-state index contributed by atoms with van der Waals surface area (Å²) < 4.78 is 5.42. The van der Waals surface area contributed by atoms with Crippen LogP contribution in [-0.2, 0) is 4.74 Å². The van der Waals surface area contributed by atoms with Crippen LogP contribution >= 0.6 is 11.6 Å². The summed E-state index contributed by atoms with van der Waals surface area (Å²) >= 11 is 5.70. The van der Waals surface area contributed by atoms with Crippen molar-refractivity contribution in [2.24, 2.45) is 5.41 Å². The van der Waals surface area contributed by atoms with Crippen LogP contribution in [0.2, 0.25) is 5.15 Å². The molecule has 2 aliphatic heterocycles. The number of carbonyl (C=O) groups is 2. The lowest BCUT2D eigenvalue weighted by atomic mass is 9.72. The SMILES string of the molecule is CC(C)(C)OC(=O)N1CCC2(CC1)CN(C(=O)c1ccc(Cl)nn1)C2. The molecule has 7 nitrogen and oxygen atoms in total. The molecule has 0 atom stereocenters. The minimum absolute atomic E-state index is 0.105. The highest BCUT2D eigenvalue weighted by Crippen LogP contribution is 2.41. The third-order valence-corrected chi connectivity index (χ3v) is 4.87. The summed E-state index contributed by atoms with van der Waals surface area (Å²) in [5, 5.41) is 7.82. The van der Waals surface area contributed by atoms with Crippen LogP contribution in [0.15, 0.2) is 12.1 Å². The summed E-state index contributed by atoms with van der Waals surface area (Å²) in [6.07, 6.45) is 1.50. The number of ether oxygens (including phenoxy) is 1. The molecule has 3 heterocycles. The second-order valence-electron chi connectivity index (χ2n) is 7.87. The number of aromatic nitrogens is 2. The quantitative estimate of drug-likeness (QED) is 0.763. The zero-order valence-electron chi connectivity index (χ0n) is 14.8. The average Bonchev–Trinajstić information content (AvgIpc) is 2.51. The molecular formula is C17H23ClN4O3. The normalized spacial score (nSPS) is 19.5. The highest BCUT2D eigenvalue weighted by atomic mass is 35.5. The van der Waals surface area contributed by atoms with E-state index in [4.69, 9.17) is 16.3 Å². The van der Waals surface area contributed by atoms with Gasteiger partial charge in [0.05, 0.1) is 0 Å². The van der Waals surface area contributed by atoms with Crippen LogP contribution in [0.3, 0.4) is 0 Å². The van der Waals surface area contributed by atoms with E-state index in [2.05, 4.69) is 10.2 Å². The molecule has 2 amide bonds. The molecule has 1 spiro atoms. The lowest BCUT2D eigenvalue weighted by molar-refractivity contribution is -0.0397. The van der Waals surface area contributed by atoms with E-state index in [0.29, 0.717) is 31.9 Å². The van der Waals surface area contributed by atoms with Crippen molar-refractivity contribution in [3.8, 4) is 0 Å². The lowest BCUT2D eigenvalue weighted by Gasteiger charge is -2.53. The standard InChI is InChI=1S/C17H23ClN4O3/c1-16(2,3)25-15(24)21-8-6-17(7-9-21)10-22(11-17)14(23)12-4-5-13(18)20-19-12/h4-5H,6-11H2,1-3H3. The number of hydrogen-bond acceptors (Lipinski definition) is 5. The third kappa shape index (κ3) is 4.03. The molecule has 0 saturated carbocycles. The Bertz CT molecular complexity index is 655. The first-order chi connectivity index (χ1) is 11.7. The number of amides is 2. The Hall–Kier alpha value is -1.89. The predicted octanol–water partition coefficient (Wildman–Crippen LogP) is 2.60. The number of halogens is 1. The van der Waals surface area contributed by atoms with Crippen LogP contribution in [0, 0.1) is 5.41 Å². The fourth-order valence-electron chi connectivity index (χ4n) is 3.31. The maximum absolute atomic E-state index is 12.4. The van der Waals surface area contributed by atoms with Gasteiger partial charge in [0.2, 0.25) is 0 Å². The van der Waals surface area contributed by atoms with Crippen molar-refractivity contribution in [1.29, 1.82) is 0 Å². The summed E-state index contributed by atoms with van der Waals surface area (Å²) in [4.78, 5) is 28.1. The first kappa shape index (κ1) is 17.9. The largest absolute Gasteiger partial charge is 0.444 e. The van der Waals surface area contributed by atoms with Crippen molar-refractivity contribution in [3.63, 3.8) is 0 Å². The van der Waals surface area contributed by atoms with Gasteiger partial charge in [0.25, 0.3) is 5.91 Å². The Morgan fingerprint density at radius 1 is 1.12 bits per heavy atom. The number of carbonyl (C=O) groups excluding carboxylic acids is 2. The molecular weight excluding hydrogens is 344 g/mol. The van der Waals surface area contributed by atoms with Crippen molar-refractivity contribution in [2.75, 3.05) is 26.2 Å². The van der Waals surface area contributed by atoms with Gasteiger partial charge < -0.3 is 14.5 Å². The van der Waals surface area contributed by atoms with Gasteiger partial charge in [0, 0.05) is 31.6 Å². The van der Waals surface area contributed by atoms with Crippen molar-refractivity contribution in [1.82, 2.24) is 20.0 Å². The second kappa shape index (κ2) is 6.44. The van der Waals surface area contributed by atoms with E-state index in [9.17, 15) is 9.59 Å². The fourth-order valence-corrected chi connectivity index (χ4v) is 3.41. The molecule has 25 heavy (non-hydrogen) atoms. The minimum Gasteiger partial charge on any atom is -0.444 e. The molecule has 136 valence electrons. The number of hydrogen-bond donors (Lipinski definition) is 0. The van der Waals surface area contributed by atoms with Crippen molar-refractivity contribution >= 4 is 23.6 Å². The maximum atomic E-state index is 12.4. The molecule has 1 aromatic heterocycles. The molecule has 0 N–H and O–H groups in total. The van der Waals surface area contributed by atoms with Crippen molar-refractivity contribution in [3.05, 3.63) is 23.0 Å². The molecule has 2 saturated heterocycles. The van der Waals surface area contributed by atoms with E-state index in [0.717, 1.165) is 12.8 Å². The first-order valence-electron chi connectivity index (χ1n) is 8.44. The van der Waals surface area contributed by atoms with E-state index < -0.39 is 5.60 Å². The van der Waals surface area contributed by atoms with E-state index in [1.807, 2.05) is 20.8 Å². The van der Waals surface area contributed by atoms with Gasteiger partial charge in [-0.25, -0.2) is 4.79 Å². The fraction of sp³-hybridized carbons (Fsp3) is 0.647. The summed E-state index contributed by atoms with van der Waals surface area (Å²) in [5.41, 5.74) is -0.0649. The Labute approximate surface area is 152 Å². The molecule has 1 aromatic rings. The predicted molar refractivity (Wildman–Crippen MR) is 92.4 cm³/mol. The summed E-state index contributed by atoms with van der Waals surface area (Å²) in [7, 11) is 0. The van der Waals surface area contributed by atoms with Crippen LogP contribution < -0.4 is 0 Å². The molecule has 0 aromatic carbocycles. The number of piperidine rings is 1. The van der Waals surface area contributed by atoms with Gasteiger partial charge in [-0.2, -0.15) is 0 Å². The van der Waals surface area contributed by atoms with Crippen LogP contribution in [0.5, 0.6) is 0 Å². The average molecular weight is 367 g/mol. The van der Waals surface area contributed by atoms with Gasteiger partial charge in [0.1, 0.15) is 5.60 Å². The van der Waals surface area contributed by atoms with Crippen molar-refractivity contribution < 1.29 is 14.3 Å². The molecule has 0 radical (unpaired) electrons. The second-order valence-corrected chi connectivity index (χ2v) is 8.26. The molecule has 2 fully saturated rings. The Morgan fingerprint density at radius 2 is 1.76 bits per heavy atom. The minimum atomic E-state index is -0.481. The molecule has 2 aliphatic rings. The highest BCUT2D eigenvalue weighted by molar-refractivity contribution is 6.29. The van der Waals surface area contributed by atoms with E-state index in [1.165, 1.54) is 0 Å². The van der Waals surface area contributed by atoms with Gasteiger partial charge in [-0.05, 0) is 45.7 Å². The van der Waals surface area contributed by atoms with E-state index in [1.54, 1.807) is 21.9 Å². The van der Waals surface area contributed by atoms with Crippen LogP contribution in [0.4, 0.5) is 4.79 Å². The summed E-state index contributed by atoms with van der Waals surface area (Å²) in [5.74, 6) is -0.121. The molecule has 0 bridgehead atoms. The van der Waals surface area contributed by atoms with E-state index in [-0.39, 0.29) is 22.6 Å². The highest BCUT2D eigenvalue weighted by Gasteiger charge is 2.47. The third-order valence-electron chi connectivity index (χ3n) is 4.67. The van der Waals surface area contributed by atoms with Gasteiger partial charge >= 0.3 is 6.09 Å². The molecule has 0 unspecified atom stereocenters. The lowest BCUT2D eigenvalue weighted by Crippen LogP contribution is -2.62. The van der Waals surface area contributed by atoms with Gasteiger partial charge in [0.15, 0.2) is 10.8 Å². The van der Waals surface area contributed by atoms with Crippen LogP contribution in [0.25, 0.3) is 0 Å². The number of rotatable bonds is 1. The molecule has 8 heteroatoms. The van der Waals surface area contributed by atoms with Gasteiger partial charge in [-0.3, -0.25) is 4.79 Å². The number of nitrogens with zero attached hydrogens (tertiary/aromatic N) is 4. The van der Waals surface area contributed by atoms with Crippen molar-refractivity contribution in [2.45, 2.75) is 39.2 Å². The van der Waals surface area contributed by atoms with E-state index >= 15 is 0 Å². The Balaban J connectivity index is 1.50. The van der Waals surface area contributed by atoms with Gasteiger partial charge in [-0.1, -0.05) is 11.6 Å². The zero-order chi connectivity index (χ0) is 18.2. The maximum Gasteiger partial charge on any atom is 0.410 e. The first-order valence-corrected chi connectivity index (χ1v) is 8.82.